The van der Waals surface area contributed by atoms with E-state index in [0.717, 1.165) is 57.7 Å². The zero-order valence-corrected chi connectivity index (χ0v) is 13.9. The molecule has 0 radical (unpaired) electrons. The molecule has 126 valence electrons. The molecular formula is C18H26N2O3. The minimum atomic E-state index is -0.0275. The van der Waals surface area contributed by atoms with Crippen molar-refractivity contribution in [2.24, 2.45) is 5.92 Å². The van der Waals surface area contributed by atoms with Gasteiger partial charge in [0.15, 0.2) is 0 Å². The van der Waals surface area contributed by atoms with Gasteiger partial charge in [-0.2, -0.15) is 0 Å². The summed E-state index contributed by atoms with van der Waals surface area (Å²) in [7, 11) is 0. The summed E-state index contributed by atoms with van der Waals surface area (Å²) in [6, 6.07) is 5.88. The van der Waals surface area contributed by atoms with Crippen LogP contribution in [0.4, 0.5) is 0 Å². The number of piperidine rings is 1. The Balaban J connectivity index is 1.45. The van der Waals surface area contributed by atoms with E-state index >= 15 is 0 Å². The van der Waals surface area contributed by atoms with Gasteiger partial charge in [0.25, 0.3) is 0 Å². The second-order valence-electron chi connectivity index (χ2n) is 6.57. The quantitative estimate of drug-likeness (QED) is 0.782. The number of nitrogens with zero attached hydrogens (tertiary/aromatic N) is 2. The van der Waals surface area contributed by atoms with Crippen molar-refractivity contribution in [1.29, 1.82) is 0 Å². The molecule has 1 aromatic heterocycles. The van der Waals surface area contributed by atoms with E-state index in [1.165, 1.54) is 0 Å². The SMILES string of the molecule is CC(=O)N1CCC2(CC1)OCC[C@H]2CCOCc1ccccn1. The first-order valence-electron chi connectivity index (χ1n) is 8.57. The molecule has 1 aromatic rings. The fourth-order valence-corrected chi connectivity index (χ4v) is 3.83. The lowest BCUT2D eigenvalue weighted by atomic mass is 9.78. The van der Waals surface area contributed by atoms with Crippen LogP contribution in [0, 0.1) is 5.92 Å². The van der Waals surface area contributed by atoms with Crippen LogP contribution in [0.2, 0.25) is 0 Å². The average molecular weight is 318 g/mol. The number of carbonyl (C=O) groups is 1. The van der Waals surface area contributed by atoms with E-state index in [1.54, 1.807) is 13.1 Å². The van der Waals surface area contributed by atoms with Crippen molar-refractivity contribution in [2.45, 2.75) is 44.8 Å². The first-order chi connectivity index (χ1) is 11.2. The average Bonchev–Trinajstić information content (AvgIpc) is 2.95. The Hall–Kier alpha value is -1.46. The summed E-state index contributed by atoms with van der Waals surface area (Å²) >= 11 is 0. The Morgan fingerprint density at radius 2 is 2.26 bits per heavy atom. The number of hydrogen-bond acceptors (Lipinski definition) is 4. The molecule has 3 heterocycles. The summed E-state index contributed by atoms with van der Waals surface area (Å²) in [6.45, 7) is 5.44. The van der Waals surface area contributed by atoms with E-state index in [9.17, 15) is 4.79 Å². The molecule has 0 unspecified atom stereocenters. The third kappa shape index (κ3) is 3.90. The minimum Gasteiger partial charge on any atom is -0.375 e. The molecule has 5 nitrogen and oxygen atoms in total. The Labute approximate surface area is 138 Å². The van der Waals surface area contributed by atoms with Gasteiger partial charge in [0.05, 0.1) is 17.9 Å². The first-order valence-corrected chi connectivity index (χ1v) is 8.57. The van der Waals surface area contributed by atoms with Gasteiger partial charge < -0.3 is 14.4 Å². The Bertz CT molecular complexity index is 512. The molecule has 1 atom stereocenters. The molecule has 0 bridgehead atoms. The van der Waals surface area contributed by atoms with E-state index in [2.05, 4.69) is 4.98 Å². The van der Waals surface area contributed by atoms with Gasteiger partial charge in [-0.1, -0.05) is 6.07 Å². The topological polar surface area (TPSA) is 51.7 Å². The summed E-state index contributed by atoms with van der Waals surface area (Å²) < 4.78 is 11.9. The molecule has 23 heavy (non-hydrogen) atoms. The summed E-state index contributed by atoms with van der Waals surface area (Å²) in [5, 5.41) is 0. The highest BCUT2D eigenvalue weighted by atomic mass is 16.5. The number of ether oxygens (including phenoxy) is 2. The highest BCUT2D eigenvalue weighted by Crippen LogP contribution is 2.42. The van der Waals surface area contributed by atoms with E-state index in [1.807, 2.05) is 23.1 Å². The highest BCUT2D eigenvalue weighted by molar-refractivity contribution is 5.73. The van der Waals surface area contributed by atoms with Crippen LogP contribution >= 0.6 is 0 Å². The van der Waals surface area contributed by atoms with Crippen LogP contribution in [0.5, 0.6) is 0 Å². The maximum absolute atomic E-state index is 11.5. The lowest BCUT2D eigenvalue weighted by Crippen LogP contribution is -2.49. The number of rotatable bonds is 5. The molecule has 3 rings (SSSR count). The molecule has 0 aromatic carbocycles. The fraction of sp³-hybridized carbons (Fsp3) is 0.667. The van der Waals surface area contributed by atoms with Crippen LogP contribution in [0.1, 0.15) is 38.3 Å². The van der Waals surface area contributed by atoms with E-state index < -0.39 is 0 Å². The van der Waals surface area contributed by atoms with Crippen molar-refractivity contribution < 1.29 is 14.3 Å². The number of carbonyl (C=O) groups excluding carboxylic acids is 1. The number of hydrogen-bond donors (Lipinski definition) is 0. The van der Waals surface area contributed by atoms with Gasteiger partial charge in [-0.3, -0.25) is 9.78 Å². The second kappa shape index (κ2) is 7.41. The van der Waals surface area contributed by atoms with Crippen LogP contribution in [-0.4, -0.2) is 47.7 Å². The fourth-order valence-electron chi connectivity index (χ4n) is 3.83. The van der Waals surface area contributed by atoms with E-state index in [-0.39, 0.29) is 11.5 Å². The molecule has 1 spiro atoms. The van der Waals surface area contributed by atoms with Crippen molar-refractivity contribution in [1.82, 2.24) is 9.88 Å². The molecule has 0 N–H and O–H groups in total. The van der Waals surface area contributed by atoms with Crippen molar-refractivity contribution in [3.8, 4) is 0 Å². The summed E-state index contributed by atoms with van der Waals surface area (Å²) in [4.78, 5) is 17.7. The summed E-state index contributed by atoms with van der Waals surface area (Å²) in [5.74, 6) is 0.716. The normalized spacial score (nSPS) is 23.3. The van der Waals surface area contributed by atoms with Crippen molar-refractivity contribution in [3.63, 3.8) is 0 Å². The third-order valence-electron chi connectivity index (χ3n) is 5.24. The van der Waals surface area contributed by atoms with Crippen LogP contribution in [0.15, 0.2) is 24.4 Å². The van der Waals surface area contributed by atoms with E-state index in [4.69, 9.17) is 9.47 Å². The number of likely N-dealkylation sites (tertiary alicyclic amines) is 1. The molecule has 5 heteroatoms. The standard InChI is InChI=1S/C18H26N2O3/c1-15(21)20-10-7-18(8-11-20)16(6-13-23-18)5-12-22-14-17-4-2-3-9-19-17/h2-4,9,16H,5-8,10-14H2,1H3/t16-/m1/s1. The third-order valence-corrected chi connectivity index (χ3v) is 5.24. The first kappa shape index (κ1) is 16.4. The van der Waals surface area contributed by atoms with Crippen molar-refractivity contribution >= 4 is 5.91 Å². The van der Waals surface area contributed by atoms with Crippen molar-refractivity contribution in [3.05, 3.63) is 30.1 Å². The van der Waals surface area contributed by atoms with Crippen LogP contribution in [-0.2, 0) is 20.9 Å². The predicted octanol–water partition coefficient (Wildman–Crippen LogP) is 2.41. The summed E-state index contributed by atoms with van der Waals surface area (Å²) in [5.41, 5.74) is 0.944. The zero-order chi connectivity index (χ0) is 16.1. The molecular weight excluding hydrogens is 292 g/mol. The Morgan fingerprint density at radius 3 is 2.96 bits per heavy atom. The van der Waals surface area contributed by atoms with Crippen molar-refractivity contribution in [2.75, 3.05) is 26.3 Å². The van der Waals surface area contributed by atoms with Gasteiger partial charge in [0, 0.05) is 39.4 Å². The molecule has 0 aliphatic carbocycles. The molecule has 0 saturated carbocycles. The zero-order valence-electron chi connectivity index (χ0n) is 13.9. The summed E-state index contributed by atoms with van der Waals surface area (Å²) in [6.07, 6.45) is 5.83. The lowest BCUT2D eigenvalue weighted by molar-refractivity contribution is -0.135. The maximum Gasteiger partial charge on any atom is 0.219 e. The Morgan fingerprint density at radius 1 is 1.43 bits per heavy atom. The smallest absolute Gasteiger partial charge is 0.219 e. The molecule has 1 amide bonds. The van der Waals surface area contributed by atoms with Crippen LogP contribution in [0.3, 0.4) is 0 Å². The van der Waals surface area contributed by atoms with Gasteiger partial charge >= 0.3 is 0 Å². The van der Waals surface area contributed by atoms with Gasteiger partial charge in [-0.05, 0) is 43.7 Å². The van der Waals surface area contributed by atoms with Crippen LogP contribution < -0.4 is 0 Å². The Kier molecular flexibility index (Phi) is 5.28. The van der Waals surface area contributed by atoms with Gasteiger partial charge in [-0.15, -0.1) is 0 Å². The number of amides is 1. The predicted molar refractivity (Wildman–Crippen MR) is 86.8 cm³/mol. The maximum atomic E-state index is 11.5. The number of pyridine rings is 1. The van der Waals surface area contributed by atoms with Crippen LogP contribution in [0.25, 0.3) is 0 Å². The van der Waals surface area contributed by atoms with Gasteiger partial charge in [0.1, 0.15) is 0 Å². The minimum absolute atomic E-state index is 0.0275. The molecule has 2 fully saturated rings. The monoisotopic (exact) mass is 318 g/mol. The highest BCUT2D eigenvalue weighted by Gasteiger charge is 2.46. The lowest BCUT2D eigenvalue weighted by Gasteiger charge is -2.42. The van der Waals surface area contributed by atoms with Gasteiger partial charge in [-0.25, -0.2) is 0 Å². The second-order valence-corrected chi connectivity index (χ2v) is 6.57. The van der Waals surface area contributed by atoms with Gasteiger partial charge in [0.2, 0.25) is 5.91 Å². The largest absolute Gasteiger partial charge is 0.375 e. The molecule has 2 aliphatic rings. The number of aromatic nitrogens is 1. The van der Waals surface area contributed by atoms with E-state index in [0.29, 0.717) is 12.5 Å². The molecule has 2 saturated heterocycles. The molecule has 2 aliphatic heterocycles.